The van der Waals surface area contributed by atoms with Crippen LogP contribution in [0.5, 0.6) is 0 Å². The highest BCUT2D eigenvalue weighted by atomic mass is 16.1. The van der Waals surface area contributed by atoms with Gasteiger partial charge in [-0.05, 0) is 42.8 Å². The third-order valence-corrected chi connectivity index (χ3v) is 3.07. The van der Waals surface area contributed by atoms with E-state index in [9.17, 15) is 4.79 Å². The molecule has 1 heterocycles. The lowest BCUT2D eigenvalue weighted by molar-refractivity contribution is -0.114. The van der Waals surface area contributed by atoms with Crippen LogP contribution >= 0.6 is 0 Å². The zero-order valence-corrected chi connectivity index (χ0v) is 12.0. The molecule has 2 N–H and O–H groups in total. The third-order valence-electron chi connectivity index (χ3n) is 3.07. The Morgan fingerprint density at radius 2 is 1.85 bits per heavy atom. The van der Waals surface area contributed by atoms with Gasteiger partial charge in [-0.25, -0.2) is 0 Å². The zero-order valence-electron chi connectivity index (χ0n) is 12.0. The van der Waals surface area contributed by atoms with Crippen LogP contribution in [-0.2, 0) is 17.9 Å². The number of rotatable bonds is 6. The van der Waals surface area contributed by atoms with Crippen molar-refractivity contribution in [2.24, 2.45) is 0 Å². The highest BCUT2D eigenvalue weighted by Gasteiger charge is 2.00. The van der Waals surface area contributed by atoms with Crippen LogP contribution in [0.25, 0.3) is 0 Å². The molecule has 4 heteroatoms. The fourth-order valence-electron chi connectivity index (χ4n) is 2.14. The number of nitrogens with one attached hydrogen (secondary N) is 2. The third kappa shape index (κ3) is 3.88. The first-order valence-electron chi connectivity index (χ1n) is 6.94. The van der Waals surface area contributed by atoms with Gasteiger partial charge in [-0.15, -0.1) is 0 Å². The molecule has 2 rings (SSSR count). The molecule has 0 aliphatic rings. The van der Waals surface area contributed by atoms with Crippen LogP contribution in [0.3, 0.4) is 0 Å². The average Bonchev–Trinajstić information content (AvgIpc) is 2.85. The summed E-state index contributed by atoms with van der Waals surface area (Å²) < 4.78 is 2.26. The zero-order chi connectivity index (χ0) is 14.4. The number of hydrogen-bond donors (Lipinski definition) is 2. The first-order valence-corrected chi connectivity index (χ1v) is 6.94. The number of carbonyl (C=O) groups is 1. The lowest BCUT2D eigenvalue weighted by Crippen LogP contribution is -2.07. The molecule has 0 aliphatic carbocycles. The Bertz CT molecular complexity index is 557. The van der Waals surface area contributed by atoms with Crippen molar-refractivity contribution in [2.45, 2.75) is 33.4 Å². The molecule has 0 saturated heterocycles. The van der Waals surface area contributed by atoms with Gasteiger partial charge in [0.05, 0.1) is 6.54 Å². The molecule has 0 saturated carbocycles. The summed E-state index contributed by atoms with van der Waals surface area (Å²) in [6.07, 6.45) is 3.24. The van der Waals surface area contributed by atoms with Crippen molar-refractivity contribution >= 4 is 17.3 Å². The molecule has 0 unspecified atom stereocenters. The highest BCUT2D eigenvalue weighted by Crippen LogP contribution is 2.15. The molecule has 0 radical (unpaired) electrons. The van der Waals surface area contributed by atoms with Gasteiger partial charge in [0, 0.05) is 36.7 Å². The summed E-state index contributed by atoms with van der Waals surface area (Å²) in [4.78, 5) is 10.9. The SMILES string of the molecule is CCCn1cccc1CNc1ccc(NC(C)=O)cc1. The Balaban J connectivity index is 1.93. The van der Waals surface area contributed by atoms with Crippen molar-refractivity contribution in [3.63, 3.8) is 0 Å². The Hall–Kier alpha value is -2.23. The number of amides is 1. The van der Waals surface area contributed by atoms with Crippen LogP contribution in [0.1, 0.15) is 26.0 Å². The van der Waals surface area contributed by atoms with E-state index in [0.717, 1.165) is 30.9 Å². The van der Waals surface area contributed by atoms with Crippen LogP contribution < -0.4 is 10.6 Å². The van der Waals surface area contributed by atoms with Crippen molar-refractivity contribution in [1.29, 1.82) is 0 Å². The van der Waals surface area contributed by atoms with E-state index >= 15 is 0 Å². The second kappa shape index (κ2) is 6.80. The fraction of sp³-hybridized carbons (Fsp3) is 0.312. The van der Waals surface area contributed by atoms with Gasteiger partial charge in [-0.3, -0.25) is 4.79 Å². The van der Waals surface area contributed by atoms with Crippen LogP contribution in [-0.4, -0.2) is 10.5 Å². The average molecular weight is 271 g/mol. The molecule has 4 nitrogen and oxygen atoms in total. The van der Waals surface area contributed by atoms with Crippen molar-refractivity contribution < 1.29 is 4.79 Å². The maximum absolute atomic E-state index is 10.9. The molecule has 1 aromatic heterocycles. The number of anilines is 2. The van der Waals surface area contributed by atoms with Crippen molar-refractivity contribution in [2.75, 3.05) is 10.6 Å². The number of aromatic nitrogens is 1. The lowest BCUT2D eigenvalue weighted by Gasteiger charge is -2.11. The molecule has 0 fully saturated rings. The molecular weight excluding hydrogens is 250 g/mol. The second-order valence-corrected chi connectivity index (χ2v) is 4.81. The summed E-state index contributed by atoms with van der Waals surface area (Å²) in [5.41, 5.74) is 3.14. The maximum atomic E-state index is 10.9. The Labute approximate surface area is 119 Å². The predicted octanol–water partition coefficient (Wildman–Crippen LogP) is 3.47. The van der Waals surface area contributed by atoms with E-state index in [4.69, 9.17) is 0 Å². The summed E-state index contributed by atoms with van der Waals surface area (Å²) in [6.45, 7) is 5.53. The number of carbonyl (C=O) groups excluding carboxylic acids is 1. The molecule has 20 heavy (non-hydrogen) atoms. The van der Waals surface area contributed by atoms with Crippen molar-refractivity contribution in [3.8, 4) is 0 Å². The van der Waals surface area contributed by atoms with Gasteiger partial charge < -0.3 is 15.2 Å². The normalized spacial score (nSPS) is 10.3. The number of benzene rings is 1. The smallest absolute Gasteiger partial charge is 0.221 e. The number of hydrogen-bond acceptors (Lipinski definition) is 2. The van der Waals surface area contributed by atoms with Gasteiger partial charge in [0.2, 0.25) is 5.91 Å². The molecule has 0 spiro atoms. The van der Waals surface area contributed by atoms with E-state index in [1.165, 1.54) is 12.6 Å². The van der Waals surface area contributed by atoms with Crippen molar-refractivity contribution in [1.82, 2.24) is 4.57 Å². The van der Waals surface area contributed by atoms with E-state index in [1.54, 1.807) is 0 Å². The van der Waals surface area contributed by atoms with Crippen LogP contribution in [0.2, 0.25) is 0 Å². The summed E-state index contributed by atoms with van der Waals surface area (Å²) >= 11 is 0. The van der Waals surface area contributed by atoms with Gasteiger partial charge in [0.25, 0.3) is 0 Å². The molecule has 2 aromatic rings. The first kappa shape index (κ1) is 14.2. The summed E-state index contributed by atoms with van der Waals surface area (Å²) in [5.74, 6) is -0.0527. The predicted molar refractivity (Wildman–Crippen MR) is 82.8 cm³/mol. The highest BCUT2D eigenvalue weighted by molar-refractivity contribution is 5.88. The molecule has 1 aromatic carbocycles. The minimum atomic E-state index is -0.0527. The van der Waals surface area contributed by atoms with Gasteiger partial charge in [-0.2, -0.15) is 0 Å². The first-order chi connectivity index (χ1) is 9.69. The van der Waals surface area contributed by atoms with Crippen molar-refractivity contribution in [3.05, 3.63) is 48.3 Å². The minimum Gasteiger partial charge on any atom is -0.379 e. The summed E-state index contributed by atoms with van der Waals surface area (Å²) in [6, 6.07) is 11.9. The van der Waals surface area contributed by atoms with Crippen LogP contribution in [0.15, 0.2) is 42.6 Å². The van der Waals surface area contributed by atoms with Crippen LogP contribution in [0.4, 0.5) is 11.4 Å². The van der Waals surface area contributed by atoms with E-state index in [-0.39, 0.29) is 5.91 Å². The minimum absolute atomic E-state index is 0.0527. The van der Waals surface area contributed by atoms with E-state index < -0.39 is 0 Å². The molecule has 0 atom stereocenters. The van der Waals surface area contributed by atoms with Gasteiger partial charge in [0.1, 0.15) is 0 Å². The molecule has 1 amide bonds. The maximum Gasteiger partial charge on any atom is 0.221 e. The standard InChI is InChI=1S/C16H21N3O/c1-3-10-19-11-4-5-16(19)12-17-14-6-8-15(9-7-14)18-13(2)20/h4-9,11,17H,3,10,12H2,1-2H3,(H,18,20). The van der Waals surface area contributed by atoms with Gasteiger partial charge in [0.15, 0.2) is 0 Å². The van der Waals surface area contributed by atoms with Gasteiger partial charge >= 0.3 is 0 Å². The van der Waals surface area contributed by atoms with E-state index in [0.29, 0.717) is 0 Å². The summed E-state index contributed by atoms with van der Waals surface area (Å²) in [5, 5.41) is 6.15. The summed E-state index contributed by atoms with van der Waals surface area (Å²) in [7, 11) is 0. The van der Waals surface area contributed by atoms with Gasteiger partial charge in [-0.1, -0.05) is 6.92 Å². The monoisotopic (exact) mass is 271 g/mol. The Kier molecular flexibility index (Phi) is 4.82. The largest absolute Gasteiger partial charge is 0.379 e. The fourth-order valence-corrected chi connectivity index (χ4v) is 2.14. The molecule has 0 aliphatic heterocycles. The second-order valence-electron chi connectivity index (χ2n) is 4.81. The Morgan fingerprint density at radius 3 is 2.50 bits per heavy atom. The lowest BCUT2D eigenvalue weighted by atomic mass is 10.2. The molecular formula is C16H21N3O. The molecule has 106 valence electrons. The Morgan fingerprint density at radius 1 is 1.15 bits per heavy atom. The number of aryl methyl sites for hydroxylation is 1. The van der Waals surface area contributed by atoms with Crippen LogP contribution in [0, 0.1) is 0 Å². The topological polar surface area (TPSA) is 46.1 Å². The quantitative estimate of drug-likeness (QED) is 0.845. The molecule has 0 bridgehead atoms. The van der Waals surface area contributed by atoms with E-state index in [2.05, 4.69) is 40.5 Å². The number of nitrogens with zero attached hydrogens (tertiary/aromatic N) is 1. The van der Waals surface area contributed by atoms with E-state index in [1.807, 2.05) is 24.3 Å².